The molecule has 2 aromatic rings. The van der Waals surface area contributed by atoms with Gasteiger partial charge in [0.15, 0.2) is 0 Å². The van der Waals surface area contributed by atoms with Crippen molar-refractivity contribution < 1.29 is 13.2 Å². The van der Waals surface area contributed by atoms with Crippen LogP contribution in [0.1, 0.15) is 11.3 Å². The number of halogens is 3. The number of pyridine rings is 1. The molecule has 0 fully saturated rings. The minimum Gasteiger partial charge on any atom is -0.386 e. The number of anilines is 1. The molecule has 0 saturated heterocycles. The number of rotatable bonds is 3. The Labute approximate surface area is 101 Å². The third-order valence-electron chi connectivity index (χ3n) is 2.40. The van der Waals surface area contributed by atoms with Gasteiger partial charge < -0.3 is 5.32 Å². The number of aromatic nitrogens is 3. The van der Waals surface area contributed by atoms with Crippen LogP contribution in [0.5, 0.6) is 0 Å². The van der Waals surface area contributed by atoms with Gasteiger partial charge in [-0.2, -0.15) is 18.3 Å². The first kappa shape index (κ1) is 12.4. The van der Waals surface area contributed by atoms with E-state index in [2.05, 4.69) is 15.4 Å². The molecule has 0 aliphatic heterocycles. The minimum absolute atomic E-state index is 0.333. The summed E-state index contributed by atoms with van der Waals surface area (Å²) in [6.07, 6.45) is -0.141. The Balaban J connectivity index is 2.11. The van der Waals surface area contributed by atoms with Crippen molar-refractivity contribution in [2.75, 3.05) is 12.4 Å². The fourth-order valence-corrected chi connectivity index (χ4v) is 1.43. The summed E-state index contributed by atoms with van der Waals surface area (Å²) in [6.45, 7) is 0.333. The fourth-order valence-electron chi connectivity index (χ4n) is 1.43. The van der Waals surface area contributed by atoms with Crippen LogP contribution in [0, 0.1) is 0 Å². The highest BCUT2D eigenvalue weighted by Gasteiger charge is 2.30. The normalized spacial score (nSPS) is 11.6. The van der Waals surface area contributed by atoms with Gasteiger partial charge in [-0.15, -0.1) is 0 Å². The molecule has 0 saturated carbocycles. The van der Waals surface area contributed by atoms with Gasteiger partial charge in [-0.3, -0.25) is 9.67 Å². The van der Waals surface area contributed by atoms with E-state index in [4.69, 9.17) is 0 Å². The van der Waals surface area contributed by atoms with Crippen LogP contribution in [-0.4, -0.2) is 21.8 Å². The highest BCUT2D eigenvalue weighted by atomic mass is 19.4. The minimum atomic E-state index is -4.35. The van der Waals surface area contributed by atoms with Crippen LogP contribution in [0.2, 0.25) is 0 Å². The Hall–Kier alpha value is -2.05. The maximum Gasteiger partial charge on any atom is 0.417 e. The summed E-state index contributed by atoms with van der Waals surface area (Å²) in [5.74, 6) is 0. The van der Waals surface area contributed by atoms with Gasteiger partial charge in [0, 0.05) is 19.4 Å². The lowest BCUT2D eigenvalue weighted by molar-refractivity contribution is -0.137. The number of hydrogen-bond donors (Lipinski definition) is 1. The zero-order valence-corrected chi connectivity index (χ0v) is 9.57. The summed E-state index contributed by atoms with van der Waals surface area (Å²) in [5.41, 5.74) is 0.610. The summed E-state index contributed by atoms with van der Waals surface area (Å²) in [7, 11) is 1.76. The standard InChI is InChI=1S/C11H11F3N4/c1-15-10-5-17-18(7-10)6-9-3-2-8(4-16-9)11(12,13)14/h2-5,7,15H,6H2,1H3. The lowest BCUT2D eigenvalue weighted by atomic mass is 10.2. The molecule has 2 aromatic heterocycles. The molecular formula is C11H11F3N4. The molecular weight excluding hydrogens is 245 g/mol. The van der Waals surface area contributed by atoms with E-state index in [1.165, 1.54) is 6.07 Å². The Morgan fingerprint density at radius 2 is 2.06 bits per heavy atom. The van der Waals surface area contributed by atoms with E-state index in [1.807, 2.05) is 0 Å². The van der Waals surface area contributed by atoms with E-state index >= 15 is 0 Å². The van der Waals surface area contributed by atoms with Crippen LogP contribution < -0.4 is 5.32 Å². The molecule has 7 heteroatoms. The molecule has 0 aliphatic carbocycles. The van der Waals surface area contributed by atoms with E-state index in [9.17, 15) is 13.2 Å². The largest absolute Gasteiger partial charge is 0.417 e. The lowest BCUT2D eigenvalue weighted by Gasteiger charge is -2.06. The number of nitrogens with one attached hydrogen (secondary N) is 1. The molecule has 0 aliphatic rings. The van der Waals surface area contributed by atoms with Crippen LogP contribution in [0.15, 0.2) is 30.7 Å². The van der Waals surface area contributed by atoms with Crippen molar-refractivity contribution in [1.29, 1.82) is 0 Å². The van der Waals surface area contributed by atoms with Gasteiger partial charge in [0.1, 0.15) is 0 Å². The van der Waals surface area contributed by atoms with Crippen molar-refractivity contribution in [3.63, 3.8) is 0 Å². The third-order valence-corrected chi connectivity index (χ3v) is 2.40. The predicted molar refractivity (Wildman–Crippen MR) is 60.1 cm³/mol. The molecule has 0 bridgehead atoms. The first-order valence-corrected chi connectivity index (χ1v) is 5.21. The first-order valence-electron chi connectivity index (χ1n) is 5.21. The predicted octanol–water partition coefficient (Wildman–Crippen LogP) is 2.39. The van der Waals surface area contributed by atoms with Crippen LogP contribution >= 0.6 is 0 Å². The van der Waals surface area contributed by atoms with Crippen molar-refractivity contribution >= 4 is 5.69 Å². The second kappa shape index (κ2) is 4.67. The molecule has 0 amide bonds. The SMILES string of the molecule is CNc1cnn(Cc2ccc(C(F)(F)F)cn2)c1. The summed E-state index contributed by atoms with van der Waals surface area (Å²) in [6, 6.07) is 2.37. The van der Waals surface area contributed by atoms with E-state index in [0.717, 1.165) is 18.0 Å². The van der Waals surface area contributed by atoms with Gasteiger partial charge in [0.2, 0.25) is 0 Å². The van der Waals surface area contributed by atoms with Crippen LogP contribution in [0.25, 0.3) is 0 Å². The Kier molecular flexibility index (Phi) is 3.22. The fraction of sp³-hybridized carbons (Fsp3) is 0.273. The molecule has 0 unspecified atom stereocenters. The molecule has 0 spiro atoms. The molecule has 2 rings (SSSR count). The van der Waals surface area contributed by atoms with Crippen molar-refractivity contribution in [2.45, 2.75) is 12.7 Å². The maximum atomic E-state index is 12.3. The van der Waals surface area contributed by atoms with Crippen molar-refractivity contribution in [3.05, 3.63) is 42.0 Å². The smallest absolute Gasteiger partial charge is 0.386 e. The van der Waals surface area contributed by atoms with Gasteiger partial charge in [0.05, 0.1) is 29.7 Å². The van der Waals surface area contributed by atoms with Crippen molar-refractivity contribution in [1.82, 2.24) is 14.8 Å². The van der Waals surface area contributed by atoms with Crippen LogP contribution in [-0.2, 0) is 12.7 Å². The monoisotopic (exact) mass is 256 g/mol. The lowest BCUT2D eigenvalue weighted by Crippen LogP contribution is -2.07. The molecule has 1 N–H and O–H groups in total. The van der Waals surface area contributed by atoms with E-state index in [0.29, 0.717) is 12.2 Å². The molecule has 0 radical (unpaired) electrons. The second-order valence-electron chi connectivity index (χ2n) is 3.71. The second-order valence-corrected chi connectivity index (χ2v) is 3.71. The number of nitrogens with zero attached hydrogens (tertiary/aromatic N) is 3. The van der Waals surface area contributed by atoms with E-state index in [1.54, 1.807) is 24.1 Å². The molecule has 2 heterocycles. The zero-order valence-electron chi connectivity index (χ0n) is 9.57. The molecule has 18 heavy (non-hydrogen) atoms. The van der Waals surface area contributed by atoms with Crippen LogP contribution in [0.4, 0.5) is 18.9 Å². The molecule has 96 valence electrons. The molecule has 4 nitrogen and oxygen atoms in total. The number of alkyl halides is 3. The highest BCUT2D eigenvalue weighted by molar-refractivity contribution is 5.37. The first-order chi connectivity index (χ1) is 8.49. The van der Waals surface area contributed by atoms with Crippen LogP contribution in [0.3, 0.4) is 0 Å². The van der Waals surface area contributed by atoms with E-state index in [-0.39, 0.29) is 0 Å². The summed E-state index contributed by atoms with van der Waals surface area (Å²) < 4.78 is 38.6. The van der Waals surface area contributed by atoms with Crippen molar-refractivity contribution in [3.8, 4) is 0 Å². The van der Waals surface area contributed by atoms with E-state index < -0.39 is 11.7 Å². The Morgan fingerprint density at radius 1 is 1.28 bits per heavy atom. The topological polar surface area (TPSA) is 42.7 Å². The Bertz CT molecular complexity index is 516. The third kappa shape index (κ3) is 2.79. The quantitative estimate of drug-likeness (QED) is 0.916. The molecule has 0 aromatic carbocycles. The number of hydrogen-bond acceptors (Lipinski definition) is 3. The Morgan fingerprint density at radius 3 is 2.56 bits per heavy atom. The zero-order chi connectivity index (χ0) is 13.2. The van der Waals surface area contributed by atoms with Gasteiger partial charge in [-0.1, -0.05) is 0 Å². The highest BCUT2D eigenvalue weighted by Crippen LogP contribution is 2.28. The average molecular weight is 256 g/mol. The summed E-state index contributed by atoms with van der Waals surface area (Å²) in [4.78, 5) is 3.77. The van der Waals surface area contributed by atoms with Gasteiger partial charge >= 0.3 is 6.18 Å². The van der Waals surface area contributed by atoms with Gasteiger partial charge in [-0.25, -0.2) is 0 Å². The maximum absolute atomic E-state index is 12.3. The van der Waals surface area contributed by atoms with Gasteiger partial charge in [-0.05, 0) is 12.1 Å². The summed E-state index contributed by atoms with van der Waals surface area (Å²) >= 11 is 0. The average Bonchev–Trinajstić information content (AvgIpc) is 2.76. The molecule has 0 atom stereocenters. The van der Waals surface area contributed by atoms with Crippen molar-refractivity contribution in [2.24, 2.45) is 0 Å². The summed E-state index contributed by atoms with van der Waals surface area (Å²) in [5, 5.41) is 6.96. The van der Waals surface area contributed by atoms with Gasteiger partial charge in [0.25, 0.3) is 0 Å².